The first kappa shape index (κ1) is 12.1. The Bertz CT molecular complexity index is 446. The van der Waals surface area contributed by atoms with Gasteiger partial charge in [0.2, 0.25) is 0 Å². The van der Waals surface area contributed by atoms with E-state index in [1.54, 1.807) is 13.8 Å². The maximum atomic E-state index is 11.3. The summed E-state index contributed by atoms with van der Waals surface area (Å²) in [6.45, 7) is 3.74. The number of phenols is 1. The van der Waals surface area contributed by atoms with E-state index in [0.29, 0.717) is 23.3 Å². The van der Waals surface area contributed by atoms with Crippen LogP contribution in [0.3, 0.4) is 0 Å². The Labute approximate surface area is 94.1 Å². The Balaban J connectivity index is 3.04. The number of carbonyl (C=O) groups is 1. The SMILES string of the molecule is CCOC(=O)Cc1cc(O)cc(C)c1C#N. The van der Waals surface area contributed by atoms with Crippen molar-refractivity contribution in [2.75, 3.05) is 6.61 Å². The van der Waals surface area contributed by atoms with Crippen LogP contribution in [0.5, 0.6) is 5.75 Å². The molecular weight excluding hydrogens is 206 g/mol. The number of esters is 1. The molecular formula is C12H13NO3. The molecule has 16 heavy (non-hydrogen) atoms. The molecule has 0 spiro atoms. The fraction of sp³-hybridized carbons (Fsp3) is 0.333. The highest BCUT2D eigenvalue weighted by molar-refractivity contribution is 5.74. The number of nitrogens with zero attached hydrogens (tertiary/aromatic N) is 1. The Morgan fingerprint density at radius 2 is 2.25 bits per heavy atom. The lowest BCUT2D eigenvalue weighted by molar-refractivity contribution is -0.142. The normalized spacial score (nSPS) is 9.56. The molecule has 0 atom stereocenters. The van der Waals surface area contributed by atoms with Gasteiger partial charge in [-0.2, -0.15) is 5.26 Å². The lowest BCUT2D eigenvalue weighted by atomic mass is 10.00. The maximum absolute atomic E-state index is 11.3. The molecule has 1 aromatic rings. The molecule has 1 aromatic carbocycles. The van der Waals surface area contributed by atoms with Gasteiger partial charge in [-0.3, -0.25) is 4.79 Å². The second-order valence-electron chi connectivity index (χ2n) is 3.39. The van der Waals surface area contributed by atoms with Crippen LogP contribution in [0.2, 0.25) is 0 Å². The van der Waals surface area contributed by atoms with Crippen LogP contribution in [0.4, 0.5) is 0 Å². The Hall–Kier alpha value is -2.02. The molecule has 0 unspecified atom stereocenters. The fourth-order valence-corrected chi connectivity index (χ4v) is 1.51. The van der Waals surface area contributed by atoms with Crippen LogP contribution in [-0.4, -0.2) is 17.7 Å². The number of benzene rings is 1. The molecule has 0 radical (unpaired) electrons. The molecule has 0 aliphatic carbocycles. The van der Waals surface area contributed by atoms with E-state index in [1.807, 2.05) is 6.07 Å². The molecule has 4 heteroatoms. The van der Waals surface area contributed by atoms with Gasteiger partial charge in [0.1, 0.15) is 5.75 Å². The van der Waals surface area contributed by atoms with Gasteiger partial charge in [0.25, 0.3) is 0 Å². The highest BCUT2D eigenvalue weighted by Crippen LogP contribution is 2.21. The summed E-state index contributed by atoms with van der Waals surface area (Å²) in [7, 11) is 0. The molecule has 0 aromatic heterocycles. The van der Waals surface area contributed by atoms with Crippen molar-refractivity contribution < 1.29 is 14.6 Å². The van der Waals surface area contributed by atoms with E-state index in [-0.39, 0.29) is 12.2 Å². The molecule has 1 N–H and O–H groups in total. The Morgan fingerprint density at radius 3 is 2.81 bits per heavy atom. The zero-order chi connectivity index (χ0) is 12.1. The number of hydrogen-bond acceptors (Lipinski definition) is 4. The van der Waals surface area contributed by atoms with Gasteiger partial charge in [-0.05, 0) is 37.1 Å². The van der Waals surface area contributed by atoms with Crippen molar-refractivity contribution in [3.05, 3.63) is 28.8 Å². The summed E-state index contributed by atoms with van der Waals surface area (Å²) >= 11 is 0. The number of rotatable bonds is 3. The third-order valence-corrected chi connectivity index (χ3v) is 2.15. The largest absolute Gasteiger partial charge is 0.508 e. The van der Waals surface area contributed by atoms with Gasteiger partial charge in [-0.15, -0.1) is 0 Å². The average molecular weight is 219 g/mol. The highest BCUT2D eigenvalue weighted by Gasteiger charge is 2.12. The van der Waals surface area contributed by atoms with Gasteiger partial charge in [0.15, 0.2) is 0 Å². The molecule has 1 rings (SSSR count). The molecule has 0 amide bonds. The number of ether oxygens (including phenoxy) is 1. The van der Waals surface area contributed by atoms with Crippen LogP contribution >= 0.6 is 0 Å². The lowest BCUT2D eigenvalue weighted by Crippen LogP contribution is -2.09. The van der Waals surface area contributed by atoms with Crippen molar-refractivity contribution in [1.29, 1.82) is 5.26 Å². The zero-order valence-electron chi connectivity index (χ0n) is 9.28. The monoisotopic (exact) mass is 219 g/mol. The summed E-state index contributed by atoms with van der Waals surface area (Å²) in [5, 5.41) is 18.3. The van der Waals surface area contributed by atoms with E-state index in [2.05, 4.69) is 0 Å². The van der Waals surface area contributed by atoms with Gasteiger partial charge >= 0.3 is 5.97 Å². The number of carbonyl (C=O) groups excluding carboxylic acids is 1. The smallest absolute Gasteiger partial charge is 0.310 e. The van der Waals surface area contributed by atoms with Crippen LogP contribution in [-0.2, 0) is 16.0 Å². The Morgan fingerprint density at radius 1 is 1.56 bits per heavy atom. The fourth-order valence-electron chi connectivity index (χ4n) is 1.51. The Kier molecular flexibility index (Phi) is 3.90. The molecule has 0 aliphatic heterocycles. The maximum Gasteiger partial charge on any atom is 0.310 e. The minimum atomic E-state index is -0.399. The zero-order valence-corrected chi connectivity index (χ0v) is 9.28. The minimum absolute atomic E-state index is 0.00593. The predicted octanol–water partition coefficient (Wildman–Crippen LogP) is 1.68. The van der Waals surface area contributed by atoms with Crippen LogP contribution in [0.15, 0.2) is 12.1 Å². The van der Waals surface area contributed by atoms with Gasteiger partial charge in [-0.25, -0.2) is 0 Å². The van der Waals surface area contributed by atoms with Gasteiger partial charge in [-0.1, -0.05) is 0 Å². The quantitative estimate of drug-likeness (QED) is 0.785. The van der Waals surface area contributed by atoms with E-state index < -0.39 is 5.97 Å². The number of phenolic OH excluding ortho intramolecular Hbond substituents is 1. The number of nitriles is 1. The summed E-state index contributed by atoms with van der Waals surface area (Å²) in [5.74, 6) is -0.347. The van der Waals surface area contributed by atoms with Crippen LogP contribution in [0.25, 0.3) is 0 Å². The molecule has 84 valence electrons. The van der Waals surface area contributed by atoms with Crippen LogP contribution in [0, 0.1) is 18.3 Å². The van der Waals surface area contributed by atoms with E-state index in [1.165, 1.54) is 12.1 Å². The minimum Gasteiger partial charge on any atom is -0.508 e. The number of aryl methyl sites for hydroxylation is 1. The van der Waals surface area contributed by atoms with Crippen molar-refractivity contribution in [1.82, 2.24) is 0 Å². The topological polar surface area (TPSA) is 70.3 Å². The standard InChI is InChI=1S/C12H13NO3/c1-3-16-12(15)6-9-5-10(14)4-8(2)11(9)7-13/h4-5,14H,3,6H2,1-2H3. The number of hydrogen-bond donors (Lipinski definition) is 1. The van der Waals surface area contributed by atoms with Crippen molar-refractivity contribution in [2.45, 2.75) is 20.3 Å². The molecule has 0 saturated heterocycles. The summed E-state index contributed by atoms with van der Waals surface area (Å²) in [5.41, 5.74) is 1.58. The molecule has 0 aliphatic rings. The third kappa shape index (κ3) is 2.74. The van der Waals surface area contributed by atoms with Gasteiger partial charge < -0.3 is 9.84 Å². The molecule has 0 saturated carbocycles. The summed E-state index contributed by atoms with van der Waals surface area (Å²) in [6.07, 6.45) is 0.00593. The summed E-state index contributed by atoms with van der Waals surface area (Å²) in [4.78, 5) is 11.3. The molecule has 0 fully saturated rings. The summed E-state index contributed by atoms with van der Waals surface area (Å²) < 4.78 is 4.80. The molecule has 4 nitrogen and oxygen atoms in total. The lowest BCUT2D eigenvalue weighted by Gasteiger charge is -2.07. The first-order chi connectivity index (χ1) is 7.58. The average Bonchev–Trinajstić information content (AvgIpc) is 2.17. The van der Waals surface area contributed by atoms with Crippen molar-refractivity contribution >= 4 is 5.97 Å². The molecule has 0 bridgehead atoms. The van der Waals surface area contributed by atoms with Crippen LogP contribution in [0.1, 0.15) is 23.6 Å². The summed E-state index contributed by atoms with van der Waals surface area (Å²) in [6, 6.07) is 4.93. The second-order valence-corrected chi connectivity index (χ2v) is 3.39. The predicted molar refractivity (Wildman–Crippen MR) is 57.9 cm³/mol. The molecule has 0 heterocycles. The van der Waals surface area contributed by atoms with Gasteiger partial charge in [0.05, 0.1) is 24.7 Å². The second kappa shape index (κ2) is 5.17. The third-order valence-electron chi connectivity index (χ3n) is 2.15. The number of aromatic hydroxyl groups is 1. The van der Waals surface area contributed by atoms with Crippen molar-refractivity contribution in [3.8, 4) is 11.8 Å². The van der Waals surface area contributed by atoms with Crippen LogP contribution < -0.4 is 0 Å². The van der Waals surface area contributed by atoms with E-state index in [4.69, 9.17) is 10.00 Å². The van der Waals surface area contributed by atoms with Crippen molar-refractivity contribution in [2.24, 2.45) is 0 Å². The van der Waals surface area contributed by atoms with E-state index in [9.17, 15) is 9.90 Å². The first-order valence-electron chi connectivity index (χ1n) is 4.96. The highest BCUT2D eigenvalue weighted by atomic mass is 16.5. The van der Waals surface area contributed by atoms with Gasteiger partial charge in [0, 0.05) is 0 Å². The first-order valence-corrected chi connectivity index (χ1v) is 4.96. The van der Waals surface area contributed by atoms with Crippen molar-refractivity contribution in [3.63, 3.8) is 0 Å². The van der Waals surface area contributed by atoms with E-state index >= 15 is 0 Å². The van der Waals surface area contributed by atoms with E-state index in [0.717, 1.165) is 0 Å².